The van der Waals surface area contributed by atoms with Crippen molar-refractivity contribution in [1.82, 2.24) is 15.1 Å². The second-order valence-electron chi connectivity index (χ2n) is 7.91. The van der Waals surface area contributed by atoms with E-state index in [2.05, 4.69) is 17.3 Å². The van der Waals surface area contributed by atoms with Gasteiger partial charge in [-0.1, -0.05) is 42.5 Å². The van der Waals surface area contributed by atoms with E-state index in [0.717, 1.165) is 37.9 Å². The third-order valence-electron chi connectivity index (χ3n) is 5.73. The van der Waals surface area contributed by atoms with Gasteiger partial charge in [0.2, 0.25) is 5.91 Å². The molecule has 29 heavy (non-hydrogen) atoms. The molecule has 1 aliphatic heterocycles. The van der Waals surface area contributed by atoms with Crippen LogP contribution in [-0.2, 0) is 17.8 Å². The van der Waals surface area contributed by atoms with Crippen LogP contribution in [0.15, 0.2) is 54.6 Å². The molecule has 1 N–H and O–H groups in total. The summed E-state index contributed by atoms with van der Waals surface area (Å²) in [4.78, 5) is 29.0. The second kappa shape index (κ2) is 10.2. The monoisotopic (exact) mass is 393 g/mol. The third kappa shape index (κ3) is 6.16. The van der Waals surface area contributed by atoms with Crippen molar-refractivity contribution in [2.45, 2.75) is 38.3 Å². The van der Waals surface area contributed by atoms with Crippen LogP contribution in [0.2, 0.25) is 0 Å². The van der Waals surface area contributed by atoms with Crippen LogP contribution in [0.1, 0.15) is 40.7 Å². The molecule has 0 spiro atoms. The van der Waals surface area contributed by atoms with Crippen molar-refractivity contribution in [2.75, 3.05) is 27.2 Å². The second-order valence-corrected chi connectivity index (χ2v) is 7.91. The molecule has 154 valence electrons. The number of carbonyl (C=O) groups excluding carboxylic acids is 2. The summed E-state index contributed by atoms with van der Waals surface area (Å²) < 4.78 is 0. The van der Waals surface area contributed by atoms with Crippen LogP contribution in [-0.4, -0.2) is 54.8 Å². The SMILES string of the molecule is CN1CCC(N(C)C(=O)c2ccc(CNC(=O)CCc3ccccc3)cc2)CC1. The van der Waals surface area contributed by atoms with Gasteiger partial charge in [-0.2, -0.15) is 0 Å². The molecule has 0 unspecified atom stereocenters. The van der Waals surface area contributed by atoms with Crippen molar-refractivity contribution in [2.24, 2.45) is 0 Å². The average Bonchev–Trinajstić information content (AvgIpc) is 2.77. The van der Waals surface area contributed by atoms with E-state index in [-0.39, 0.29) is 11.8 Å². The van der Waals surface area contributed by atoms with Gasteiger partial charge in [-0.05, 0) is 62.7 Å². The minimum absolute atomic E-state index is 0.0380. The molecule has 0 bridgehead atoms. The number of benzene rings is 2. The van der Waals surface area contributed by atoms with Gasteiger partial charge in [0.15, 0.2) is 0 Å². The first-order valence-electron chi connectivity index (χ1n) is 10.4. The van der Waals surface area contributed by atoms with Crippen molar-refractivity contribution >= 4 is 11.8 Å². The van der Waals surface area contributed by atoms with E-state index >= 15 is 0 Å². The van der Waals surface area contributed by atoms with Crippen LogP contribution in [0.3, 0.4) is 0 Å². The van der Waals surface area contributed by atoms with Gasteiger partial charge in [-0.15, -0.1) is 0 Å². The van der Waals surface area contributed by atoms with Gasteiger partial charge in [0.05, 0.1) is 0 Å². The molecule has 2 amide bonds. The zero-order valence-electron chi connectivity index (χ0n) is 17.4. The van der Waals surface area contributed by atoms with Crippen molar-refractivity contribution in [3.8, 4) is 0 Å². The van der Waals surface area contributed by atoms with Crippen LogP contribution < -0.4 is 5.32 Å². The zero-order valence-corrected chi connectivity index (χ0v) is 17.4. The van der Waals surface area contributed by atoms with Crippen LogP contribution in [0, 0.1) is 0 Å². The molecule has 0 saturated carbocycles. The average molecular weight is 394 g/mol. The summed E-state index contributed by atoms with van der Waals surface area (Å²) in [5.74, 6) is 0.106. The number of hydrogen-bond acceptors (Lipinski definition) is 3. The van der Waals surface area contributed by atoms with E-state index in [9.17, 15) is 9.59 Å². The molecule has 1 fully saturated rings. The fraction of sp³-hybridized carbons (Fsp3) is 0.417. The van der Waals surface area contributed by atoms with Gasteiger partial charge in [0.25, 0.3) is 5.91 Å². The summed E-state index contributed by atoms with van der Waals surface area (Å²) in [5, 5.41) is 2.96. The number of carbonyl (C=O) groups is 2. The Morgan fingerprint density at radius 1 is 1.00 bits per heavy atom. The summed E-state index contributed by atoms with van der Waals surface area (Å²) >= 11 is 0. The van der Waals surface area contributed by atoms with E-state index in [1.54, 1.807) is 0 Å². The molecule has 3 rings (SSSR count). The molecule has 2 aromatic rings. The Labute approximate surface area is 173 Å². The molecule has 0 aliphatic carbocycles. The highest BCUT2D eigenvalue weighted by Crippen LogP contribution is 2.17. The normalized spacial score (nSPS) is 15.1. The Hall–Kier alpha value is -2.66. The Bertz CT molecular complexity index is 797. The number of nitrogens with one attached hydrogen (secondary N) is 1. The fourth-order valence-corrected chi connectivity index (χ4v) is 3.71. The first-order valence-corrected chi connectivity index (χ1v) is 10.4. The Morgan fingerprint density at radius 2 is 1.66 bits per heavy atom. The lowest BCUT2D eigenvalue weighted by Crippen LogP contribution is -2.44. The quantitative estimate of drug-likeness (QED) is 0.786. The van der Waals surface area contributed by atoms with Crippen LogP contribution in [0.4, 0.5) is 0 Å². The number of likely N-dealkylation sites (tertiary alicyclic amines) is 1. The molecule has 5 heteroatoms. The molecular formula is C24H31N3O2. The molecule has 1 saturated heterocycles. The van der Waals surface area contributed by atoms with Gasteiger partial charge in [-0.25, -0.2) is 0 Å². The zero-order chi connectivity index (χ0) is 20.6. The molecule has 0 aromatic heterocycles. The lowest BCUT2D eigenvalue weighted by atomic mass is 10.0. The first-order chi connectivity index (χ1) is 14.0. The van der Waals surface area contributed by atoms with Gasteiger partial charge < -0.3 is 15.1 Å². The van der Waals surface area contributed by atoms with E-state index in [0.29, 0.717) is 24.6 Å². The molecule has 1 heterocycles. The highest BCUT2D eigenvalue weighted by atomic mass is 16.2. The highest BCUT2D eigenvalue weighted by Gasteiger charge is 2.24. The van der Waals surface area contributed by atoms with Crippen LogP contribution in [0.5, 0.6) is 0 Å². The Morgan fingerprint density at radius 3 is 2.31 bits per heavy atom. The third-order valence-corrected chi connectivity index (χ3v) is 5.73. The molecule has 5 nitrogen and oxygen atoms in total. The van der Waals surface area contributed by atoms with Crippen molar-refractivity contribution in [1.29, 1.82) is 0 Å². The van der Waals surface area contributed by atoms with Crippen LogP contribution >= 0.6 is 0 Å². The van der Waals surface area contributed by atoms with E-state index < -0.39 is 0 Å². The number of piperidine rings is 1. The van der Waals surface area contributed by atoms with Gasteiger partial charge >= 0.3 is 0 Å². The van der Waals surface area contributed by atoms with E-state index in [1.165, 1.54) is 5.56 Å². The predicted molar refractivity (Wildman–Crippen MR) is 116 cm³/mol. The predicted octanol–water partition coefficient (Wildman–Crippen LogP) is 3.10. The molecule has 2 aromatic carbocycles. The minimum atomic E-state index is 0.0380. The summed E-state index contributed by atoms with van der Waals surface area (Å²) in [6, 6.07) is 17.9. The van der Waals surface area contributed by atoms with Crippen molar-refractivity contribution in [3.63, 3.8) is 0 Å². The lowest BCUT2D eigenvalue weighted by Gasteiger charge is -2.35. The summed E-state index contributed by atoms with van der Waals surface area (Å²) in [6.07, 6.45) is 3.25. The maximum atomic E-state index is 12.8. The minimum Gasteiger partial charge on any atom is -0.352 e. The largest absolute Gasteiger partial charge is 0.352 e. The molecule has 0 atom stereocenters. The summed E-state index contributed by atoms with van der Waals surface area (Å²) in [5.41, 5.74) is 2.86. The summed E-state index contributed by atoms with van der Waals surface area (Å²) in [7, 11) is 4.02. The van der Waals surface area contributed by atoms with Crippen molar-refractivity contribution in [3.05, 3.63) is 71.3 Å². The Balaban J connectivity index is 1.45. The topological polar surface area (TPSA) is 52.6 Å². The fourth-order valence-electron chi connectivity index (χ4n) is 3.71. The number of hydrogen-bond donors (Lipinski definition) is 1. The molecule has 0 radical (unpaired) electrons. The van der Waals surface area contributed by atoms with Gasteiger partial charge in [0.1, 0.15) is 0 Å². The number of rotatable bonds is 7. The van der Waals surface area contributed by atoms with E-state index in [4.69, 9.17) is 0 Å². The van der Waals surface area contributed by atoms with E-state index in [1.807, 2.05) is 66.5 Å². The van der Waals surface area contributed by atoms with Gasteiger partial charge in [-0.3, -0.25) is 9.59 Å². The maximum absolute atomic E-state index is 12.8. The number of aryl methyl sites for hydroxylation is 1. The van der Waals surface area contributed by atoms with Crippen LogP contribution in [0.25, 0.3) is 0 Å². The number of nitrogens with zero attached hydrogens (tertiary/aromatic N) is 2. The highest BCUT2D eigenvalue weighted by molar-refractivity contribution is 5.94. The molecular weight excluding hydrogens is 362 g/mol. The standard InChI is InChI=1S/C24H31N3O2/c1-26-16-14-22(15-17-26)27(2)24(29)21-11-8-20(9-12-21)18-25-23(28)13-10-19-6-4-3-5-7-19/h3-9,11-12,22H,10,13-18H2,1-2H3,(H,25,28). The Kier molecular flexibility index (Phi) is 7.42. The van der Waals surface area contributed by atoms with Gasteiger partial charge in [0, 0.05) is 31.6 Å². The smallest absolute Gasteiger partial charge is 0.253 e. The first kappa shape index (κ1) is 21.1. The van der Waals surface area contributed by atoms with Crippen molar-refractivity contribution < 1.29 is 9.59 Å². The maximum Gasteiger partial charge on any atom is 0.253 e. The number of amides is 2. The molecule has 1 aliphatic rings. The summed E-state index contributed by atoms with van der Waals surface area (Å²) in [6.45, 7) is 2.54. The lowest BCUT2D eigenvalue weighted by molar-refractivity contribution is -0.121.